The Kier molecular flexibility index (Phi) is 4.53. The molecule has 23 heavy (non-hydrogen) atoms. The Labute approximate surface area is 155 Å². The molecule has 0 radical (unpaired) electrons. The second-order valence-electron chi connectivity index (χ2n) is 8.84. The number of fused-ring (bicyclic) bond motifs is 3. The maximum atomic E-state index is 5.81. The molecule has 0 aromatic heterocycles. The minimum absolute atomic E-state index is 0.338. The van der Waals surface area contributed by atoms with Gasteiger partial charge in [0.1, 0.15) is 5.75 Å². The topological polar surface area (TPSA) is 9.23 Å². The Balaban J connectivity index is 2.23. The number of rotatable bonds is 2. The maximum absolute atomic E-state index is 5.81. The summed E-state index contributed by atoms with van der Waals surface area (Å²) in [6.07, 6.45) is 6.64. The first kappa shape index (κ1) is 17.6. The van der Waals surface area contributed by atoms with Crippen molar-refractivity contribution < 1.29 is 4.74 Å². The van der Waals surface area contributed by atoms with Crippen LogP contribution in [-0.2, 0) is 11.8 Å². The van der Waals surface area contributed by atoms with Crippen LogP contribution in [0.2, 0.25) is 0 Å². The van der Waals surface area contributed by atoms with Crippen molar-refractivity contribution in [3.05, 3.63) is 26.3 Å². The predicted octanol–water partition coefficient (Wildman–Crippen LogP) is 6.45. The molecule has 0 bridgehead atoms. The van der Waals surface area contributed by atoms with Gasteiger partial charge in [0.25, 0.3) is 0 Å². The van der Waals surface area contributed by atoms with Gasteiger partial charge in [0.05, 0.1) is 10.7 Å². The van der Waals surface area contributed by atoms with E-state index in [2.05, 4.69) is 63.3 Å². The number of hydrogen-bond acceptors (Lipinski definition) is 1. The summed E-state index contributed by atoms with van der Waals surface area (Å²) in [5.41, 5.74) is 5.51. The Bertz CT molecular complexity index is 617. The molecule has 0 spiro atoms. The smallest absolute Gasteiger partial charge is 0.135 e. The van der Waals surface area contributed by atoms with Gasteiger partial charge in [-0.3, -0.25) is 0 Å². The molecular formula is C21H31IO. The fraction of sp³-hybridized carbons (Fsp3) is 0.714. The van der Waals surface area contributed by atoms with E-state index in [1.165, 1.54) is 41.2 Å². The Morgan fingerprint density at radius 3 is 2.52 bits per heavy atom. The molecule has 0 amide bonds. The van der Waals surface area contributed by atoms with E-state index in [9.17, 15) is 0 Å². The van der Waals surface area contributed by atoms with E-state index in [4.69, 9.17) is 4.74 Å². The number of ether oxygens (including phenoxy) is 1. The van der Waals surface area contributed by atoms with Crippen molar-refractivity contribution in [3.8, 4) is 5.75 Å². The number of halogens is 1. The molecule has 0 saturated heterocycles. The lowest BCUT2D eigenvalue weighted by Gasteiger charge is -2.55. The zero-order chi connectivity index (χ0) is 17.0. The van der Waals surface area contributed by atoms with Crippen LogP contribution in [0.15, 0.2) is 6.07 Å². The summed E-state index contributed by atoms with van der Waals surface area (Å²) in [7, 11) is 1.83. The lowest BCUT2D eigenvalue weighted by Crippen LogP contribution is -2.48. The first-order valence-corrected chi connectivity index (χ1v) is 10.2. The predicted molar refractivity (Wildman–Crippen MR) is 107 cm³/mol. The van der Waals surface area contributed by atoms with Crippen molar-refractivity contribution in [2.75, 3.05) is 7.11 Å². The van der Waals surface area contributed by atoms with Crippen LogP contribution in [0.3, 0.4) is 0 Å². The van der Waals surface area contributed by atoms with E-state index in [0.717, 1.165) is 11.7 Å². The first-order valence-electron chi connectivity index (χ1n) is 9.12. The normalized spacial score (nSPS) is 29.1. The monoisotopic (exact) mass is 426 g/mol. The Hall–Kier alpha value is -0.250. The molecule has 2 aliphatic carbocycles. The maximum Gasteiger partial charge on any atom is 0.135 e. The minimum atomic E-state index is 0.338. The van der Waals surface area contributed by atoms with Gasteiger partial charge in [-0.25, -0.2) is 0 Å². The fourth-order valence-corrected chi connectivity index (χ4v) is 6.55. The lowest BCUT2D eigenvalue weighted by molar-refractivity contribution is 0.0404. The largest absolute Gasteiger partial charge is 0.495 e. The number of benzene rings is 1. The molecule has 2 aliphatic rings. The third kappa shape index (κ3) is 2.63. The Morgan fingerprint density at radius 1 is 1.22 bits per heavy atom. The average molecular weight is 426 g/mol. The van der Waals surface area contributed by atoms with Gasteiger partial charge in [-0.2, -0.15) is 0 Å². The second-order valence-corrected chi connectivity index (χ2v) is 10.00. The van der Waals surface area contributed by atoms with E-state index < -0.39 is 0 Å². The number of methoxy groups -OCH3 is 1. The van der Waals surface area contributed by atoms with Gasteiger partial charge < -0.3 is 4.74 Å². The number of hydrogen-bond donors (Lipinski definition) is 0. The van der Waals surface area contributed by atoms with Crippen molar-refractivity contribution in [1.82, 2.24) is 0 Å². The van der Waals surface area contributed by atoms with Crippen molar-refractivity contribution in [2.24, 2.45) is 11.3 Å². The second kappa shape index (κ2) is 5.93. The molecule has 2 heteroatoms. The molecule has 2 atom stereocenters. The van der Waals surface area contributed by atoms with Crippen LogP contribution in [0.1, 0.15) is 82.9 Å². The summed E-state index contributed by atoms with van der Waals surface area (Å²) in [6.45, 7) is 12.2. The quantitative estimate of drug-likeness (QED) is 0.494. The van der Waals surface area contributed by atoms with Gasteiger partial charge in [0, 0.05) is 5.56 Å². The molecule has 3 rings (SSSR count). The molecule has 128 valence electrons. The van der Waals surface area contributed by atoms with Crippen LogP contribution in [0.5, 0.6) is 5.75 Å². The van der Waals surface area contributed by atoms with Crippen molar-refractivity contribution in [1.29, 1.82) is 0 Å². The molecule has 0 heterocycles. The third-order valence-electron chi connectivity index (χ3n) is 6.69. The van der Waals surface area contributed by atoms with Crippen LogP contribution in [0.4, 0.5) is 0 Å². The van der Waals surface area contributed by atoms with Crippen molar-refractivity contribution >= 4 is 22.6 Å². The molecular weight excluding hydrogens is 395 g/mol. The van der Waals surface area contributed by atoms with E-state index in [1.807, 2.05) is 7.11 Å². The summed E-state index contributed by atoms with van der Waals surface area (Å²) < 4.78 is 7.10. The molecule has 1 aromatic rings. The summed E-state index contributed by atoms with van der Waals surface area (Å²) in [5.74, 6) is 2.45. The molecule has 1 nitrogen and oxygen atoms in total. The average Bonchev–Trinajstić information content (AvgIpc) is 2.45. The molecule has 0 N–H and O–H groups in total. The highest BCUT2D eigenvalue weighted by atomic mass is 127. The van der Waals surface area contributed by atoms with Crippen LogP contribution in [0, 0.1) is 14.9 Å². The highest BCUT2D eigenvalue weighted by Gasteiger charge is 2.50. The van der Waals surface area contributed by atoms with Gasteiger partial charge in [-0.1, -0.05) is 41.0 Å². The van der Waals surface area contributed by atoms with Crippen molar-refractivity contribution in [3.63, 3.8) is 0 Å². The van der Waals surface area contributed by atoms with Gasteiger partial charge in [0.15, 0.2) is 0 Å². The summed E-state index contributed by atoms with van der Waals surface area (Å²) >= 11 is 2.48. The third-order valence-corrected chi connectivity index (χ3v) is 7.49. The summed E-state index contributed by atoms with van der Waals surface area (Å²) in [4.78, 5) is 0. The van der Waals surface area contributed by atoms with Gasteiger partial charge in [0.2, 0.25) is 0 Å². The zero-order valence-electron chi connectivity index (χ0n) is 15.6. The minimum Gasteiger partial charge on any atom is -0.495 e. The fourth-order valence-electron chi connectivity index (χ4n) is 5.73. The standard InChI is InChI=1S/C21H31IO/c1-13(2)18-14-8-9-17-20(3,4)10-7-11-21(17,5)15(14)12-16(22)19(18)23-6/h12-13,17H,7-11H2,1-6H3/t17-,21+/m0/s1. The van der Waals surface area contributed by atoms with Crippen molar-refractivity contribution in [2.45, 2.75) is 78.1 Å². The van der Waals surface area contributed by atoms with E-state index >= 15 is 0 Å². The highest BCUT2D eigenvalue weighted by Crippen LogP contribution is 2.58. The molecule has 1 saturated carbocycles. The SMILES string of the molecule is COc1c(I)cc2c(c1C(C)C)CC[C@H]1C(C)(C)CCC[C@]21C. The van der Waals surface area contributed by atoms with Crippen LogP contribution >= 0.6 is 22.6 Å². The van der Waals surface area contributed by atoms with E-state index in [1.54, 1.807) is 11.1 Å². The van der Waals surface area contributed by atoms with E-state index in [-0.39, 0.29) is 0 Å². The molecule has 1 aromatic carbocycles. The summed E-state index contributed by atoms with van der Waals surface area (Å²) in [5, 5.41) is 0. The molecule has 0 unspecified atom stereocenters. The highest BCUT2D eigenvalue weighted by molar-refractivity contribution is 14.1. The van der Waals surface area contributed by atoms with Gasteiger partial charge in [-0.15, -0.1) is 0 Å². The van der Waals surface area contributed by atoms with Crippen LogP contribution < -0.4 is 4.74 Å². The molecule has 1 fully saturated rings. The first-order chi connectivity index (χ1) is 10.7. The van der Waals surface area contributed by atoms with E-state index in [0.29, 0.717) is 16.7 Å². The molecule has 0 aliphatic heterocycles. The van der Waals surface area contributed by atoms with Crippen LogP contribution in [-0.4, -0.2) is 7.11 Å². The van der Waals surface area contributed by atoms with Gasteiger partial charge >= 0.3 is 0 Å². The zero-order valence-corrected chi connectivity index (χ0v) is 17.7. The van der Waals surface area contributed by atoms with Gasteiger partial charge in [-0.05, 0) is 88.1 Å². The summed E-state index contributed by atoms with van der Waals surface area (Å²) in [6, 6.07) is 2.45. The Morgan fingerprint density at radius 2 is 1.91 bits per heavy atom. The van der Waals surface area contributed by atoms with Crippen LogP contribution in [0.25, 0.3) is 0 Å². The lowest BCUT2D eigenvalue weighted by atomic mass is 9.50.